The van der Waals surface area contributed by atoms with Crippen LogP contribution in [0.25, 0.3) is 0 Å². The molecule has 0 aliphatic heterocycles. The van der Waals surface area contributed by atoms with Crippen LogP contribution in [0.3, 0.4) is 0 Å². The minimum atomic E-state index is -3.06. The maximum absolute atomic E-state index is 13.4. The Bertz CT molecular complexity index is 401. The number of carbonyl (C=O) groups is 1. The van der Waals surface area contributed by atoms with Crippen LogP contribution in [0.5, 0.6) is 0 Å². The SMILES string of the molecule is C=CCC(F)(F)c1ccc(C(=O)OCC)cn1. The van der Waals surface area contributed by atoms with E-state index in [4.69, 9.17) is 4.74 Å². The number of esters is 1. The fourth-order valence-corrected chi connectivity index (χ4v) is 1.23. The lowest BCUT2D eigenvalue weighted by molar-refractivity contribution is -0.00551. The molecule has 0 aliphatic carbocycles. The molecular weight excluding hydrogens is 228 g/mol. The maximum Gasteiger partial charge on any atom is 0.339 e. The Kier molecular flexibility index (Phi) is 4.31. The smallest absolute Gasteiger partial charge is 0.339 e. The molecule has 0 N–H and O–H groups in total. The van der Waals surface area contributed by atoms with Crippen LogP contribution in [0.4, 0.5) is 8.78 Å². The van der Waals surface area contributed by atoms with E-state index in [1.54, 1.807) is 6.92 Å². The van der Waals surface area contributed by atoms with E-state index in [9.17, 15) is 13.6 Å². The van der Waals surface area contributed by atoms with Gasteiger partial charge < -0.3 is 4.74 Å². The number of rotatable bonds is 5. The van der Waals surface area contributed by atoms with Gasteiger partial charge in [-0.05, 0) is 19.1 Å². The third-order valence-corrected chi connectivity index (χ3v) is 2.05. The number of nitrogens with zero attached hydrogens (tertiary/aromatic N) is 1. The lowest BCUT2D eigenvalue weighted by atomic mass is 10.1. The summed E-state index contributed by atoms with van der Waals surface area (Å²) in [5.74, 6) is -3.63. The van der Waals surface area contributed by atoms with Gasteiger partial charge >= 0.3 is 5.97 Å². The molecule has 0 fully saturated rings. The molecule has 0 radical (unpaired) electrons. The molecule has 5 heteroatoms. The fourth-order valence-electron chi connectivity index (χ4n) is 1.23. The van der Waals surface area contributed by atoms with Gasteiger partial charge in [0.25, 0.3) is 5.92 Å². The zero-order valence-electron chi connectivity index (χ0n) is 9.45. The van der Waals surface area contributed by atoms with Crippen molar-refractivity contribution in [3.8, 4) is 0 Å². The summed E-state index contributed by atoms with van der Waals surface area (Å²) in [6.45, 7) is 5.15. The first-order chi connectivity index (χ1) is 8.01. The van der Waals surface area contributed by atoms with E-state index in [1.807, 2.05) is 0 Å². The molecule has 0 saturated heterocycles. The Balaban J connectivity index is 2.87. The van der Waals surface area contributed by atoms with Gasteiger partial charge in [0.2, 0.25) is 0 Å². The van der Waals surface area contributed by atoms with Gasteiger partial charge in [-0.1, -0.05) is 6.08 Å². The van der Waals surface area contributed by atoms with Crippen LogP contribution >= 0.6 is 0 Å². The zero-order valence-corrected chi connectivity index (χ0v) is 9.45. The van der Waals surface area contributed by atoms with E-state index in [1.165, 1.54) is 6.07 Å². The van der Waals surface area contributed by atoms with Crippen LogP contribution in [0.1, 0.15) is 29.4 Å². The monoisotopic (exact) mass is 241 g/mol. The zero-order chi connectivity index (χ0) is 12.9. The lowest BCUT2D eigenvalue weighted by Gasteiger charge is -2.13. The van der Waals surface area contributed by atoms with Crippen molar-refractivity contribution in [3.05, 3.63) is 42.2 Å². The Morgan fingerprint density at radius 2 is 2.29 bits per heavy atom. The molecule has 0 unspecified atom stereocenters. The van der Waals surface area contributed by atoms with Crippen molar-refractivity contribution in [3.63, 3.8) is 0 Å². The summed E-state index contributed by atoms with van der Waals surface area (Å²) in [6, 6.07) is 2.40. The molecule has 0 amide bonds. The maximum atomic E-state index is 13.4. The van der Waals surface area contributed by atoms with Crippen molar-refractivity contribution < 1.29 is 18.3 Å². The Labute approximate surface area is 98.1 Å². The fraction of sp³-hybridized carbons (Fsp3) is 0.333. The van der Waals surface area contributed by atoms with Crippen molar-refractivity contribution >= 4 is 5.97 Å². The van der Waals surface area contributed by atoms with Crippen molar-refractivity contribution in [1.29, 1.82) is 0 Å². The van der Waals surface area contributed by atoms with Crippen molar-refractivity contribution in [1.82, 2.24) is 4.98 Å². The number of allylic oxidation sites excluding steroid dienone is 1. The summed E-state index contributed by atoms with van der Waals surface area (Å²) < 4.78 is 31.5. The normalized spacial score (nSPS) is 11.0. The van der Waals surface area contributed by atoms with Gasteiger partial charge in [0, 0.05) is 12.6 Å². The average molecular weight is 241 g/mol. The number of alkyl halides is 2. The van der Waals surface area contributed by atoms with E-state index in [-0.39, 0.29) is 17.9 Å². The molecule has 1 aromatic heterocycles. The molecule has 0 aliphatic rings. The lowest BCUT2D eigenvalue weighted by Crippen LogP contribution is -2.15. The topological polar surface area (TPSA) is 39.2 Å². The van der Waals surface area contributed by atoms with Crippen LogP contribution in [0, 0.1) is 0 Å². The van der Waals surface area contributed by atoms with Gasteiger partial charge in [0.15, 0.2) is 0 Å². The highest BCUT2D eigenvalue weighted by Crippen LogP contribution is 2.30. The molecule has 0 saturated carbocycles. The van der Waals surface area contributed by atoms with Crippen LogP contribution in [-0.4, -0.2) is 17.6 Å². The molecule has 1 rings (SSSR count). The number of pyridine rings is 1. The molecule has 1 aromatic rings. The highest BCUT2D eigenvalue weighted by atomic mass is 19.3. The summed E-state index contributed by atoms with van der Waals surface area (Å²) >= 11 is 0. The Morgan fingerprint density at radius 3 is 2.76 bits per heavy atom. The second-order valence-corrected chi connectivity index (χ2v) is 3.35. The molecular formula is C12H13F2NO2. The van der Waals surface area contributed by atoms with E-state index in [2.05, 4.69) is 11.6 Å². The quantitative estimate of drug-likeness (QED) is 0.587. The average Bonchev–Trinajstić information content (AvgIpc) is 2.29. The summed E-state index contributed by atoms with van der Waals surface area (Å²) in [6.07, 6.45) is 1.73. The number of hydrogen-bond acceptors (Lipinski definition) is 3. The minimum Gasteiger partial charge on any atom is -0.462 e. The molecule has 92 valence electrons. The second-order valence-electron chi connectivity index (χ2n) is 3.35. The van der Waals surface area contributed by atoms with Gasteiger partial charge in [0.05, 0.1) is 12.2 Å². The largest absolute Gasteiger partial charge is 0.462 e. The van der Waals surface area contributed by atoms with Crippen molar-refractivity contribution in [2.45, 2.75) is 19.3 Å². The number of halogens is 2. The van der Waals surface area contributed by atoms with Crippen LogP contribution < -0.4 is 0 Å². The molecule has 0 spiro atoms. The van der Waals surface area contributed by atoms with E-state index >= 15 is 0 Å². The van der Waals surface area contributed by atoms with Crippen molar-refractivity contribution in [2.75, 3.05) is 6.61 Å². The summed E-state index contributed by atoms with van der Waals surface area (Å²) in [5.41, 5.74) is -0.226. The molecule has 17 heavy (non-hydrogen) atoms. The summed E-state index contributed by atoms with van der Waals surface area (Å²) in [5, 5.41) is 0. The summed E-state index contributed by atoms with van der Waals surface area (Å²) in [4.78, 5) is 14.8. The predicted molar refractivity (Wildman–Crippen MR) is 58.9 cm³/mol. The van der Waals surface area contributed by atoms with Gasteiger partial charge in [0.1, 0.15) is 5.69 Å². The van der Waals surface area contributed by atoms with E-state index < -0.39 is 18.3 Å². The minimum absolute atomic E-state index is 0.157. The van der Waals surface area contributed by atoms with E-state index in [0.29, 0.717) is 0 Å². The molecule has 0 atom stereocenters. The number of ether oxygens (including phenoxy) is 1. The first-order valence-electron chi connectivity index (χ1n) is 5.13. The number of hydrogen-bond donors (Lipinski definition) is 0. The van der Waals surface area contributed by atoms with Crippen LogP contribution in [0.2, 0.25) is 0 Å². The second kappa shape index (κ2) is 5.52. The standard InChI is InChI=1S/C12H13F2NO2/c1-3-7-12(13,14)10-6-5-9(8-15-10)11(16)17-4-2/h3,5-6,8H,1,4,7H2,2H3. The third kappa shape index (κ3) is 3.34. The summed E-state index contributed by atoms with van der Waals surface area (Å²) in [7, 11) is 0. The van der Waals surface area contributed by atoms with Crippen LogP contribution in [-0.2, 0) is 10.7 Å². The van der Waals surface area contributed by atoms with Gasteiger partial charge in [-0.3, -0.25) is 4.98 Å². The van der Waals surface area contributed by atoms with Crippen molar-refractivity contribution in [2.24, 2.45) is 0 Å². The number of aromatic nitrogens is 1. The predicted octanol–water partition coefficient (Wildman–Crippen LogP) is 2.93. The molecule has 3 nitrogen and oxygen atoms in total. The molecule has 0 aromatic carbocycles. The van der Waals surface area contributed by atoms with Crippen LogP contribution in [0.15, 0.2) is 31.0 Å². The Morgan fingerprint density at radius 1 is 1.59 bits per heavy atom. The number of carbonyl (C=O) groups excluding carboxylic acids is 1. The molecule has 0 bridgehead atoms. The highest BCUT2D eigenvalue weighted by molar-refractivity contribution is 5.88. The third-order valence-electron chi connectivity index (χ3n) is 2.05. The highest BCUT2D eigenvalue weighted by Gasteiger charge is 2.31. The molecule has 1 heterocycles. The van der Waals surface area contributed by atoms with Gasteiger partial charge in [-0.15, -0.1) is 6.58 Å². The van der Waals surface area contributed by atoms with E-state index in [0.717, 1.165) is 18.3 Å². The van der Waals surface area contributed by atoms with Gasteiger partial charge in [-0.2, -0.15) is 8.78 Å². The van der Waals surface area contributed by atoms with Gasteiger partial charge in [-0.25, -0.2) is 4.79 Å². The first-order valence-corrected chi connectivity index (χ1v) is 5.13. The first kappa shape index (κ1) is 13.3. The Hall–Kier alpha value is -1.78.